The van der Waals surface area contributed by atoms with Crippen LogP contribution in [0.4, 0.5) is 11.4 Å². The molecule has 1 N–H and O–H groups in total. The Hall–Kier alpha value is -1.81. The highest BCUT2D eigenvalue weighted by molar-refractivity contribution is 6.02. The molecule has 0 saturated carbocycles. The van der Waals surface area contributed by atoms with Crippen LogP contribution in [0.5, 0.6) is 0 Å². The molecule has 0 aliphatic carbocycles. The van der Waals surface area contributed by atoms with Gasteiger partial charge in [0.2, 0.25) is 5.91 Å². The first-order chi connectivity index (χ1) is 9.29. The summed E-state index contributed by atoms with van der Waals surface area (Å²) in [5.74, 6) is 0.173. The summed E-state index contributed by atoms with van der Waals surface area (Å²) in [5, 5.41) is 3.35. The molecular formula is C15H19N3O. The topological polar surface area (TPSA) is 35.6 Å². The van der Waals surface area contributed by atoms with E-state index in [1.165, 1.54) is 5.69 Å². The van der Waals surface area contributed by atoms with Gasteiger partial charge in [0.25, 0.3) is 0 Å². The quantitative estimate of drug-likeness (QED) is 0.826. The van der Waals surface area contributed by atoms with Gasteiger partial charge in [-0.25, -0.2) is 0 Å². The number of hydrogen-bond donors (Lipinski definition) is 1. The fraction of sp³-hybridized carbons (Fsp3) is 0.400. The van der Waals surface area contributed by atoms with Gasteiger partial charge in [-0.15, -0.1) is 6.58 Å². The molecule has 100 valence electrons. The zero-order chi connectivity index (χ0) is 13.2. The van der Waals surface area contributed by atoms with Gasteiger partial charge < -0.3 is 15.1 Å². The van der Waals surface area contributed by atoms with E-state index in [4.69, 9.17) is 0 Å². The number of rotatable bonds is 3. The van der Waals surface area contributed by atoms with Gasteiger partial charge in [0.05, 0.1) is 6.42 Å². The fourth-order valence-electron chi connectivity index (χ4n) is 2.82. The SMILES string of the molecule is C=CCN1C(=O)Cc2cc(N3CCNCC3)ccc21. The summed E-state index contributed by atoms with van der Waals surface area (Å²) in [6.07, 6.45) is 2.29. The van der Waals surface area contributed by atoms with Crippen molar-refractivity contribution >= 4 is 17.3 Å². The van der Waals surface area contributed by atoms with Crippen LogP contribution in [0.25, 0.3) is 0 Å². The Morgan fingerprint density at radius 1 is 1.32 bits per heavy atom. The van der Waals surface area contributed by atoms with Crippen molar-refractivity contribution in [2.75, 3.05) is 42.5 Å². The molecule has 1 aromatic carbocycles. The number of benzene rings is 1. The third-order valence-electron chi connectivity index (χ3n) is 3.79. The molecule has 4 nitrogen and oxygen atoms in total. The van der Waals surface area contributed by atoms with Gasteiger partial charge in [-0.3, -0.25) is 4.79 Å². The van der Waals surface area contributed by atoms with Gasteiger partial charge in [-0.05, 0) is 23.8 Å². The van der Waals surface area contributed by atoms with Gasteiger partial charge >= 0.3 is 0 Å². The molecule has 1 aromatic rings. The maximum absolute atomic E-state index is 12.0. The van der Waals surface area contributed by atoms with Crippen molar-refractivity contribution in [3.05, 3.63) is 36.4 Å². The number of carbonyl (C=O) groups excluding carboxylic acids is 1. The van der Waals surface area contributed by atoms with Gasteiger partial charge in [-0.2, -0.15) is 0 Å². The summed E-state index contributed by atoms with van der Waals surface area (Å²) in [6.45, 7) is 8.42. The lowest BCUT2D eigenvalue weighted by Crippen LogP contribution is -2.43. The molecular weight excluding hydrogens is 238 g/mol. The zero-order valence-electron chi connectivity index (χ0n) is 11.1. The van der Waals surface area contributed by atoms with E-state index in [-0.39, 0.29) is 5.91 Å². The van der Waals surface area contributed by atoms with Crippen molar-refractivity contribution in [2.24, 2.45) is 0 Å². The van der Waals surface area contributed by atoms with E-state index < -0.39 is 0 Å². The molecule has 2 aliphatic heterocycles. The Bertz CT molecular complexity index is 506. The summed E-state index contributed by atoms with van der Waals surface area (Å²) in [6, 6.07) is 6.36. The van der Waals surface area contributed by atoms with E-state index in [1.807, 2.05) is 4.90 Å². The molecule has 0 radical (unpaired) electrons. The molecule has 1 fully saturated rings. The predicted octanol–water partition coefficient (Wildman–Crippen LogP) is 1.17. The lowest BCUT2D eigenvalue weighted by atomic mass is 10.1. The van der Waals surface area contributed by atoms with Gasteiger partial charge in [0, 0.05) is 44.1 Å². The first-order valence-corrected chi connectivity index (χ1v) is 6.79. The molecule has 2 aliphatic rings. The second-order valence-electron chi connectivity index (χ2n) is 5.02. The van der Waals surface area contributed by atoms with Crippen LogP contribution >= 0.6 is 0 Å². The van der Waals surface area contributed by atoms with Crippen molar-refractivity contribution in [2.45, 2.75) is 6.42 Å². The number of amides is 1. The van der Waals surface area contributed by atoms with Gasteiger partial charge in [0.1, 0.15) is 0 Å². The highest BCUT2D eigenvalue weighted by Gasteiger charge is 2.26. The molecule has 19 heavy (non-hydrogen) atoms. The first kappa shape index (κ1) is 12.2. The molecule has 2 heterocycles. The summed E-state index contributed by atoms with van der Waals surface area (Å²) < 4.78 is 0. The number of fused-ring (bicyclic) bond motifs is 1. The minimum absolute atomic E-state index is 0.173. The second kappa shape index (κ2) is 5.05. The lowest BCUT2D eigenvalue weighted by Gasteiger charge is -2.30. The van der Waals surface area contributed by atoms with Crippen molar-refractivity contribution < 1.29 is 4.79 Å². The first-order valence-electron chi connectivity index (χ1n) is 6.79. The minimum Gasteiger partial charge on any atom is -0.369 e. The van der Waals surface area contributed by atoms with Crippen LogP contribution in [0.2, 0.25) is 0 Å². The molecule has 1 saturated heterocycles. The summed E-state index contributed by atoms with van der Waals surface area (Å²) in [7, 11) is 0. The Morgan fingerprint density at radius 2 is 2.11 bits per heavy atom. The van der Waals surface area contributed by atoms with E-state index in [2.05, 4.69) is 35.0 Å². The average molecular weight is 257 g/mol. The van der Waals surface area contributed by atoms with Crippen LogP contribution in [0.15, 0.2) is 30.9 Å². The highest BCUT2D eigenvalue weighted by atomic mass is 16.2. The maximum Gasteiger partial charge on any atom is 0.231 e. The normalized spacial score (nSPS) is 18.6. The van der Waals surface area contributed by atoms with Crippen molar-refractivity contribution in [1.29, 1.82) is 0 Å². The third kappa shape index (κ3) is 2.24. The fourth-order valence-corrected chi connectivity index (χ4v) is 2.82. The lowest BCUT2D eigenvalue weighted by molar-refractivity contribution is -0.117. The maximum atomic E-state index is 12.0. The van der Waals surface area contributed by atoms with E-state index in [0.29, 0.717) is 13.0 Å². The molecule has 1 amide bonds. The van der Waals surface area contributed by atoms with Crippen LogP contribution in [0.1, 0.15) is 5.56 Å². The molecule has 4 heteroatoms. The number of anilines is 2. The molecule has 0 atom stereocenters. The molecule has 3 rings (SSSR count). The number of nitrogens with one attached hydrogen (secondary N) is 1. The number of hydrogen-bond acceptors (Lipinski definition) is 3. The van der Waals surface area contributed by atoms with E-state index >= 15 is 0 Å². The molecule has 0 spiro atoms. The zero-order valence-corrected chi connectivity index (χ0v) is 11.1. The highest BCUT2D eigenvalue weighted by Crippen LogP contribution is 2.32. The Balaban J connectivity index is 1.86. The van der Waals surface area contributed by atoms with Crippen LogP contribution in [0.3, 0.4) is 0 Å². The van der Waals surface area contributed by atoms with Crippen LogP contribution in [-0.2, 0) is 11.2 Å². The number of piperazine rings is 1. The molecule has 0 unspecified atom stereocenters. The smallest absolute Gasteiger partial charge is 0.231 e. The summed E-state index contributed by atoms with van der Waals surface area (Å²) in [5.41, 5.74) is 3.42. The predicted molar refractivity (Wildman–Crippen MR) is 77.8 cm³/mol. The van der Waals surface area contributed by atoms with Gasteiger partial charge in [0.15, 0.2) is 0 Å². The number of nitrogens with zero attached hydrogens (tertiary/aromatic N) is 2. The van der Waals surface area contributed by atoms with Crippen molar-refractivity contribution in [1.82, 2.24) is 5.32 Å². The van der Waals surface area contributed by atoms with E-state index in [1.54, 1.807) is 6.08 Å². The minimum atomic E-state index is 0.173. The van der Waals surface area contributed by atoms with Crippen molar-refractivity contribution in [3.63, 3.8) is 0 Å². The monoisotopic (exact) mass is 257 g/mol. The van der Waals surface area contributed by atoms with Crippen molar-refractivity contribution in [3.8, 4) is 0 Å². The largest absolute Gasteiger partial charge is 0.369 e. The van der Waals surface area contributed by atoms with E-state index in [0.717, 1.165) is 37.4 Å². The van der Waals surface area contributed by atoms with E-state index in [9.17, 15) is 4.79 Å². The average Bonchev–Trinajstić information content (AvgIpc) is 2.76. The Morgan fingerprint density at radius 3 is 2.84 bits per heavy atom. The standard InChI is InChI=1S/C15H19N3O/c1-2-7-18-14-4-3-13(10-12(14)11-15(18)19)17-8-5-16-6-9-17/h2-4,10,16H,1,5-9,11H2. The summed E-state index contributed by atoms with van der Waals surface area (Å²) in [4.78, 5) is 16.1. The number of carbonyl (C=O) groups is 1. The van der Waals surface area contributed by atoms with Crippen LogP contribution in [0, 0.1) is 0 Å². The Kier molecular flexibility index (Phi) is 3.25. The third-order valence-corrected chi connectivity index (χ3v) is 3.79. The van der Waals surface area contributed by atoms with Crippen LogP contribution < -0.4 is 15.1 Å². The Labute approximate surface area is 113 Å². The van der Waals surface area contributed by atoms with Crippen LogP contribution in [-0.4, -0.2) is 38.6 Å². The van der Waals surface area contributed by atoms with Gasteiger partial charge in [-0.1, -0.05) is 6.08 Å². The second-order valence-corrected chi connectivity index (χ2v) is 5.02. The molecule has 0 aromatic heterocycles. The summed E-state index contributed by atoms with van der Waals surface area (Å²) >= 11 is 0. The molecule has 0 bridgehead atoms.